The number of pyridine rings is 2. The summed E-state index contributed by atoms with van der Waals surface area (Å²) in [7, 11) is 0. The minimum atomic E-state index is -0.559. The van der Waals surface area contributed by atoms with E-state index in [0.29, 0.717) is 26.5 Å². The summed E-state index contributed by atoms with van der Waals surface area (Å²) in [5.74, 6) is -0.559. The second-order valence-corrected chi connectivity index (χ2v) is 7.55. The fourth-order valence-electron chi connectivity index (χ4n) is 3.35. The summed E-state index contributed by atoms with van der Waals surface area (Å²) in [6.07, 6.45) is 4.92. The second kappa shape index (κ2) is 5.49. The molecule has 1 aliphatic carbocycles. The summed E-state index contributed by atoms with van der Waals surface area (Å²) in [5.41, 5.74) is 0.567. The Labute approximate surface area is 154 Å². The number of aromatic amines is 1. The van der Waals surface area contributed by atoms with E-state index in [0.717, 1.165) is 24.4 Å². The summed E-state index contributed by atoms with van der Waals surface area (Å²) in [5, 5.41) is 0.640. The van der Waals surface area contributed by atoms with Crippen LogP contribution in [-0.4, -0.2) is 13.9 Å². The monoisotopic (exact) mass is 387 g/mol. The van der Waals surface area contributed by atoms with Crippen LogP contribution in [0.4, 0.5) is 4.39 Å². The minimum absolute atomic E-state index is 0.100. The van der Waals surface area contributed by atoms with Crippen LogP contribution >= 0.6 is 23.1 Å². The van der Waals surface area contributed by atoms with E-state index in [1.807, 2.05) is 4.57 Å². The van der Waals surface area contributed by atoms with Crippen LogP contribution in [0.3, 0.4) is 0 Å². The first-order valence-corrected chi connectivity index (χ1v) is 9.24. The Morgan fingerprint density at radius 1 is 1.27 bits per heavy atom. The van der Waals surface area contributed by atoms with Crippen LogP contribution in [0.5, 0.6) is 0 Å². The molecule has 1 N–H and O–H groups in total. The molecule has 1 fully saturated rings. The summed E-state index contributed by atoms with van der Waals surface area (Å²) < 4.78 is 19.4. The van der Waals surface area contributed by atoms with Gasteiger partial charge in [-0.1, -0.05) is 11.6 Å². The van der Waals surface area contributed by atoms with Gasteiger partial charge < -0.3 is 4.57 Å². The van der Waals surface area contributed by atoms with Gasteiger partial charge in [-0.3, -0.25) is 18.9 Å². The van der Waals surface area contributed by atoms with E-state index in [1.54, 1.807) is 18.3 Å². The van der Waals surface area contributed by atoms with E-state index in [9.17, 15) is 14.0 Å². The molecular weight excluding hydrogens is 377 g/mol. The summed E-state index contributed by atoms with van der Waals surface area (Å²) in [6, 6.07) is 4.70. The van der Waals surface area contributed by atoms with Crippen molar-refractivity contribution < 1.29 is 4.39 Å². The van der Waals surface area contributed by atoms with Gasteiger partial charge in [0.15, 0.2) is 0 Å². The highest BCUT2D eigenvalue weighted by atomic mass is 35.5. The molecule has 0 spiro atoms. The van der Waals surface area contributed by atoms with Crippen molar-refractivity contribution in [2.24, 2.45) is 0 Å². The average Bonchev–Trinajstić information content (AvgIpc) is 3.38. The molecule has 130 valence electrons. The van der Waals surface area contributed by atoms with E-state index in [2.05, 4.69) is 9.36 Å². The molecule has 0 atom stereocenters. The van der Waals surface area contributed by atoms with Gasteiger partial charge in [-0.15, -0.1) is 0 Å². The standard InChI is InChI=1S/C18H11ClFN3O2S/c19-12-7-21-4-3-9(12)10-6-14-11(5-13(10)20)16(24)15-17(25)22-26-18(15)23(14)8-1-2-8/h3-8H,1-2H2,(H,22,25). The zero-order valence-corrected chi connectivity index (χ0v) is 14.8. The van der Waals surface area contributed by atoms with Crippen molar-refractivity contribution in [3.63, 3.8) is 0 Å². The number of hydrogen-bond acceptors (Lipinski definition) is 4. The normalized spacial score (nSPS) is 14.4. The maximum atomic E-state index is 14.8. The Morgan fingerprint density at radius 3 is 2.81 bits per heavy atom. The van der Waals surface area contributed by atoms with E-state index >= 15 is 0 Å². The van der Waals surface area contributed by atoms with Crippen LogP contribution in [0.25, 0.3) is 32.2 Å². The van der Waals surface area contributed by atoms with Crippen molar-refractivity contribution in [3.8, 4) is 11.1 Å². The fraction of sp³-hybridized carbons (Fsp3) is 0.167. The third-order valence-electron chi connectivity index (χ3n) is 4.69. The van der Waals surface area contributed by atoms with E-state index in [4.69, 9.17) is 11.6 Å². The van der Waals surface area contributed by atoms with Gasteiger partial charge in [0.05, 0.1) is 10.5 Å². The van der Waals surface area contributed by atoms with Gasteiger partial charge in [0.1, 0.15) is 16.0 Å². The van der Waals surface area contributed by atoms with Crippen LogP contribution in [0.15, 0.2) is 40.2 Å². The van der Waals surface area contributed by atoms with Crippen LogP contribution in [0.2, 0.25) is 5.02 Å². The Balaban J connectivity index is 1.96. The molecule has 0 aliphatic heterocycles. The van der Waals surface area contributed by atoms with Gasteiger partial charge in [0.25, 0.3) is 5.56 Å². The van der Waals surface area contributed by atoms with Crippen molar-refractivity contribution in [2.75, 3.05) is 0 Å². The molecule has 1 saturated carbocycles. The summed E-state index contributed by atoms with van der Waals surface area (Å²) in [4.78, 5) is 29.4. The summed E-state index contributed by atoms with van der Waals surface area (Å²) >= 11 is 7.33. The van der Waals surface area contributed by atoms with Crippen molar-refractivity contribution in [1.29, 1.82) is 0 Å². The Hall–Kier alpha value is -2.51. The van der Waals surface area contributed by atoms with Crippen LogP contribution in [0.1, 0.15) is 18.9 Å². The lowest BCUT2D eigenvalue weighted by molar-refractivity contribution is 0.632. The zero-order valence-electron chi connectivity index (χ0n) is 13.3. The predicted molar refractivity (Wildman–Crippen MR) is 101 cm³/mol. The number of nitrogens with one attached hydrogen (secondary N) is 1. The quantitative estimate of drug-likeness (QED) is 0.563. The van der Waals surface area contributed by atoms with Crippen molar-refractivity contribution in [3.05, 3.63) is 62.0 Å². The Kier molecular flexibility index (Phi) is 3.32. The van der Waals surface area contributed by atoms with Gasteiger partial charge in [-0.2, -0.15) is 0 Å². The van der Waals surface area contributed by atoms with E-state index in [1.165, 1.54) is 12.3 Å². The molecule has 4 aromatic rings. The van der Waals surface area contributed by atoms with Crippen molar-refractivity contribution in [2.45, 2.75) is 18.9 Å². The maximum absolute atomic E-state index is 14.8. The molecule has 1 aromatic carbocycles. The van der Waals surface area contributed by atoms with Gasteiger partial charge in [-0.05, 0) is 42.6 Å². The topological polar surface area (TPSA) is 67.8 Å². The highest BCUT2D eigenvalue weighted by Gasteiger charge is 2.29. The van der Waals surface area contributed by atoms with Crippen molar-refractivity contribution >= 4 is 44.3 Å². The smallest absolute Gasteiger partial charge is 0.271 e. The van der Waals surface area contributed by atoms with Crippen molar-refractivity contribution in [1.82, 2.24) is 13.9 Å². The lowest BCUT2D eigenvalue weighted by Gasteiger charge is -2.14. The number of benzene rings is 1. The molecule has 0 bridgehead atoms. The zero-order chi connectivity index (χ0) is 18.0. The minimum Gasteiger partial charge on any atom is -0.328 e. The molecule has 0 amide bonds. The number of aromatic nitrogens is 3. The number of halogens is 2. The molecule has 0 saturated heterocycles. The van der Waals surface area contributed by atoms with Gasteiger partial charge in [0.2, 0.25) is 5.43 Å². The van der Waals surface area contributed by atoms with Gasteiger partial charge in [-0.25, -0.2) is 4.39 Å². The summed E-state index contributed by atoms with van der Waals surface area (Å²) in [6.45, 7) is 0. The van der Waals surface area contributed by atoms with Crippen LogP contribution in [-0.2, 0) is 0 Å². The Morgan fingerprint density at radius 2 is 2.08 bits per heavy atom. The fourth-order valence-corrected chi connectivity index (χ4v) is 4.49. The Bertz CT molecular complexity index is 1320. The number of rotatable bonds is 2. The SMILES string of the molecule is O=c1[nH]sc2c1c(=O)c1cc(F)c(-c3ccncc3Cl)cc1n2C1CC1. The third-order valence-corrected chi connectivity index (χ3v) is 5.87. The van der Waals surface area contributed by atoms with Gasteiger partial charge in [0, 0.05) is 34.9 Å². The molecule has 0 unspecified atom stereocenters. The molecular formula is C18H11ClFN3O2S. The molecule has 5 rings (SSSR count). The molecule has 5 nitrogen and oxygen atoms in total. The molecule has 3 aromatic heterocycles. The number of fused-ring (bicyclic) bond motifs is 2. The van der Waals surface area contributed by atoms with Gasteiger partial charge >= 0.3 is 0 Å². The largest absolute Gasteiger partial charge is 0.328 e. The first-order valence-electron chi connectivity index (χ1n) is 8.05. The van der Waals surface area contributed by atoms with Crippen LogP contribution < -0.4 is 11.0 Å². The van der Waals surface area contributed by atoms with E-state index in [-0.39, 0.29) is 16.8 Å². The van der Waals surface area contributed by atoms with E-state index < -0.39 is 16.8 Å². The second-order valence-electron chi connectivity index (χ2n) is 6.35. The predicted octanol–water partition coefficient (Wildman–Crippen LogP) is 4.09. The lowest BCUT2D eigenvalue weighted by atomic mass is 10.0. The molecule has 26 heavy (non-hydrogen) atoms. The molecule has 3 heterocycles. The highest BCUT2D eigenvalue weighted by molar-refractivity contribution is 7.12. The first-order chi connectivity index (χ1) is 12.6. The van der Waals surface area contributed by atoms with Crippen LogP contribution in [0, 0.1) is 5.82 Å². The number of hydrogen-bond donors (Lipinski definition) is 1. The first kappa shape index (κ1) is 15.7. The third kappa shape index (κ3) is 2.17. The number of nitrogens with zero attached hydrogens (tertiary/aromatic N) is 2. The molecule has 1 aliphatic rings. The maximum Gasteiger partial charge on any atom is 0.271 e. The average molecular weight is 388 g/mol. The number of H-pyrrole nitrogens is 1. The molecule has 0 radical (unpaired) electrons. The lowest BCUT2D eigenvalue weighted by Crippen LogP contribution is -2.15. The highest BCUT2D eigenvalue weighted by Crippen LogP contribution is 2.41. The molecule has 8 heteroatoms.